The van der Waals surface area contributed by atoms with E-state index in [1.807, 2.05) is 0 Å². The largest absolute Gasteiger partial charge is 0.424 e. The minimum absolute atomic E-state index is 0.109. The van der Waals surface area contributed by atoms with Gasteiger partial charge in [-0.3, -0.25) is 4.79 Å². The van der Waals surface area contributed by atoms with Gasteiger partial charge in [0.25, 0.3) is 0 Å². The molecular formula is C11H7FN2O2. The summed E-state index contributed by atoms with van der Waals surface area (Å²) in [6, 6.07) is 5.39. The number of rotatable bonds is 3. The highest BCUT2D eigenvalue weighted by Crippen LogP contribution is 2.21. The summed E-state index contributed by atoms with van der Waals surface area (Å²) in [4.78, 5) is 18.3. The van der Waals surface area contributed by atoms with E-state index in [-0.39, 0.29) is 17.3 Å². The molecule has 80 valence electrons. The number of halogens is 1. The van der Waals surface area contributed by atoms with E-state index in [2.05, 4.69) is 9.97 Å². The van der Waals surface area contributed by atoms with Crippen LogP contribution in [0.2, 0.25) is 0 Å². The number of aromatic nitrogens is 2. The zero-order chi connectivity index (χ0) is 11.4. The Balaban J connectivity index is 2.31. The van der Waals surface area contributed by atoms with Gasteiger partial charge < -0.3 is 4.74 Å². The Kier molecular flexibility index (Phi) is 2.86. The van der Waals surface area contributed by atoms with Crippen molar-refractivity contribution < 1.29 is 13.9 Å². The lowest BCUT2D eigenvalue weighted by Gasteiger charge is -2.05. The van der Waals surface area contributed by atoms with Gasteiger partial charge in [-0.2, -0.15) is 0 Å². The maximum Gasteiger partial charge on any atom is 0.321 e. The highest BCUT2D eigenvalue weighted by atomic mass is 19.1. The highest BCUT2D eigenvalue weighted by molar-refractivity contribution is 5.79. The van der Waals surface area contributed by atoms with Crippen LogP contribution >= 0.6 is 0 Å². The molecule has 0 N–H and O–H groups in total. The zero-order valence-corrected chi connectivity index (χ0v) is 8.13. The molecule has 0 spiro atoms. The van der Waals surface area contributed by atoms with Crippen molar-refractivity contribution in [3.8, 4) is 11.8 Å². The third-order valence-electron chi connectivity index (χ3n) is 1.84. The molecule has 2 rings (SSSR count). The van der Waals surface area contributed by atoms with Crippen LogP contribution in [0.25, 0.3) is 0 Å². The summed E-state index contributed by atoms with van der Waals surface area (Å²) >= 11 is 0. The molecule has 0 aliphatic heterocycles. The van der Waals surface area contributed by atoms with Crippen molar-refractivity contribution in [1.29, 1.82) is 0 Å². The normalized spacial score (nSPS) is 9.81. The molecule has 0 bridgehead atoms. The van der Waals surface area contributed by atoms with Gasteiger partial charge >= 0.3 is 6.01 Å². The molecule has 0 aliphatic carbocycles. The Morgan fingerprint density at radius 3 is 2.69 bits per heavy atom. The molecule has 1 heterocycles. The molecular weight excluding hydrogens is 211 g/mol. The topological polar surface area (TPSA) is 52.1 Å². The summed E-state index contributed by atoms with van der Waals surface area (Å²) in [5.41, 5.74) is 0.118. The molecule has 1 aromatic carbocycles. The van der Waals surface area contributed by atoms with Gasteiger partial charge in [0, 0.05) is 12.4 Å². The summed E-state index contributed by atoms with van der Waals surface area (Å²) in [5.74, 6) is -0.272. The second kappa shape index (κ2) is 4.48. The molecule has 0 radical (unpaired) electrons. The molecule has 0 atom stereocenters. The van der Waals surface area contributed by atoms with E-state index >= 15 is 0 Å². The van der Waals surface area contributed by atoms with Crippen LogP contribution in [0.4, 0.5) is 4.39 Å². The molecule has 0 aliphatic rings. The van der Waals surface area contributed by atoms with Gasteiger partial charge in [-0.25, -0.2) is 14.4 Å². The van der Waals surface area contributed by atoms with Crippen molar-refractivity contribution in [1.82, 2.24) is 9.97 Å². The first-order chi connectivity index (χ1) is 7.79. The first-order valence-electron chi connectivity index (χ1n) is 4.49. The third kappa shape index (κ3) is 2.20. The van der Waals surface area contributed by atoms with E-state index in [1.54, 1.807) is 6.07 Å². The maximum atomic E-state index is 12.8. The number of nitrogens with zero attached hydrogens (tertiary/aromatic N) is 2. The van der Waals surface area contributed by atoms with E-state index in [1.165, 1.54) is 24.5 Å². The Labute approximate surface area is 90.7 Å². The van der Waals surface area contributed by atoms with Crippen LogP contribution < -0.4 is 4.74 Å². The monoisotopic (exact) mass is 218 g/mol. The molecule has 16 heavy (non-hydrogen) atoms. The number of hydrogen-bond donors (Lipinski definition) is 0. The van der Waals surface area contributed by atoms with Gasteiger partial charge in [-0.15, -0.1) is 0 Å². The Bertz CT molecular complexity index is 503. The van der Waals surface area contributed by atoms with Crippen molar-refractivity contribution in [2.45, 2.75) is 0 Å². The number of ether oxygens (including phenoxy) is 1. The highest BCUT2D eigenvalue weighted by Gasteiger charge is 2.06. The van der Waals surface area contributed by atoms with Crippen LogP contribution in [0.3, 0.4) is 0 Å². The van der Waals surface area contributed by atoms with Gasteiger partial charge in [0.1, 0.15) is 11.6 Å². The summed E-state index contributed by atoms with van der Waals surface area (Å²) in [6.07, 6.45) is 3.53. The molecule has 0 amide bonds. The second-order valence-corrected chi connectivity index (χ2v) is 2.93. The average Bonchev–Trinajstić information content (AvgIpc) is 2.33. The van der Waals surface area contributed by atoms with Crippen LogP contribution in [-0.4, -0.2) is 16.3 Å². The molecule has 4 nitrogen and oxygen atoms in total. The number of carbonyl (C=O) groups excluding carboxylic acids is 1. The predicted molar refractivity (Wildman–Crippen MR) is 53.9 cm³/mol. The van der Waals surface area contributed by atoms with E-state index in [4.69, 9.17) is 4.74 Å². The fraction of sp³-hybridized carbons (Fsp3) is 0. The first kappa shape index (κ1) is 10.2. The van der Waals surface area contributed by atoms with Gasteiger partial charge in [0.05, 0.1) is 5.56 Å². The zero-order valence-electron chi connectivity index (χ0n) is 8.13. The lowest BCUT2D eigenvalue weighted by Crippen LogP contribution is -1.94. The van der Waals surface area contributed by atoms with E-state index in [0.29, 0.717) is 6.29 Å². The number of hydrogen-bond acceptors (Lipinski definition) is 4. The Morgan fingerprint density at radius 1 is 1.25 bits per heavy atom. The van der Waals surface area contributed by atoms with Crippen LogP contribution in [0.5, 0.6) is 11.8 Å². The fourth-order valence-corrected chi connectivity index (χ4v) is 1.14. The summed E-state index contributed by atoms with van der Waals surface area (Å²) in [7, 11) is 0. The molecule has 0 saturated heterocycles. The quantitative estimate of drug-likeness (QED) is 0.741. The molecule has 2 aromatic rings. The van der Waals surface area contributed by atoms with Crippen molar-refractivity contribution in [2.75, 3.05) is 0 Å². The smallest absolute Gasteiger partial charge is 0.321 e. The minimum atomic E-state index is -0.497. The van der Waals surface area contributed by atoms with Crippen LogP contribution in [0.15, 0.2) is 36.7 Å². The molecule has 0 saturated carbocycles. The first-order valence-corrected chi connectivity index (χ1v) is 4.49. The average molecular weight is 218 g/mol. The lowest BCUT2D eigenvalue weighted by molar-refractivity contribution is 0.112. The van der Waals surface area contributed by atoms with Gasteiger partial charge in [-0.05, 0) is 24.3 Å². The second-order valence-electron chi connectivity index (χ2n) is 2.93. The van der Waals surface area contributed by atoms with Crippen LogP contribution in [0.1, 0.15) is 10.4 Å². The lowest BCUT2D eigenvalue weighted by atomic mass is 10.2. The van der Waals surface area contributed by atoms with Crippen molar-refractivity contribution >= 4 is 6.29 Å². The van der Waals surface area contributed by atoms with Crippen LogP contribution in [-0.2, 0) is 0 Å². The van der Waals surface area contributed by atoms with Gasteiger partial charge in [-0.1, -0.05) is 0 Å². The van der Waals surface area contributed by atoms with E-state index < -0.39 is 5.82 Å². The van der Waals surface area contributed by atoms with Crippen molar-refractivity contribution in [3.05, 3.63) is 48.0 Å². The summed E-state index contributed by atoms with van der Waals surface area (Å²) in [5, 5.41) is 0. The number of carbonyl (C=O) groups is 1. The minimum Gasteiger partial charge on any atom is -0.424 e. The molecule has 0 fully saturated rings. The van der Waals surface area contributed by atoms with Crippen molar-refractivity contribution in [2.24, 2.45) is 0 Å². The number of aldehydes is 1. The maximum absolute atomic E-state index is 12.8. The van der Waals surface area contributed by atoms with Gasteiger partial charge in [0.15, 0.2) is 6.29 Å². The fourth-order valence-electron chi connectivity index (χ4n) is 1.14. The summed E-state index contributed by atoms with van der Waals surface area (Å²) in [6.45, 7) is 0. The third-order valence-corrected chi connectivity index (χ3v) is 1.84. The SMILES string of the molecule is O=Cc1cc(F)ccc1Oc1ncccn1. The van der Waals surface area contributed by atoms with Crippen molar-refractivity contribution in [3.63, 3.8) is 0 Å². The van der Waals surface area contributed by atoms with Crippen LogP contribution in [0, 0.1) is 5.82 Å². The predicted octanol–water partition coefficient (Wildman–Crippen LogP) is 2.22. The summed E-state index contributed by atoms with van der Waals surface area (Å²) < 4.78 is 18.1. The standard InChI is InChI=1S/C11H7FN2O2/c12-9-2-3-10(8(6-9)7-15)16-11-13-4-1-5-14-11/h1-7H. The number of benzene rings is 1. The molecule has 0 unspecified atom stereocenters. The Morgan fingerprint density at radius 2 is 2.00 bits per heavy atom. The van der Waals surface area contributed by atoms with E-state index in [0.717, 1.165) is 6.07 Å². The van der Waals surface area contributed by atoms with E-state index in [9.17, 15) is 9.18 Å². The molecule has 5 heteroatoms. The molecule has 1 aromatic heterocycles. The Hall–Kier alpha value is -2.30. The van der Waals surface area contributed by atoms with Gasteiger partial charge in [0.2, 0.25) is 0 Å².